The number of imide groups is 1. The third kappa shape index (κ3) is 3.71. The van der Waals surface area contributed by atoms with E-state index in [2.05, 4.69) is 6.07 Å². The highest BCUT2D eigenvalue weighted by Gasteiger charge is 2.35. The fourth-order valence-electron chi connectivity index (χ4n) is 2.93. The van der Waals surface area contributed by atoms with Crippen LogP contribution in [-0.4, -0.2) is 16.0 Å². The summed E-state index contributed by atoms with van der Waals surface area (Å²) >= 11 is 0.778. The van der Waals surface area contributed by atoms with E-state index in [0.29, 0.717) is 22.6 Å². The number of furan rings is 1. The molecule has 0 spiro atoms. The Morgan fingerprint density at radius 2 is 1.83 bits per heavy atom. The van der Waals surface area contributed by atoms with E-state index < -0.39 is 17.0 Å². The summed E-state index contributed by atoms with van der Waals surface area (Å²) in [6.45, 7) is -0.131. The summed E-state index contributed by atoms with van der Waals surface area (Å²) < 4.78 is 19.6. The molecule has 0 saturated carbocycles. The molecule has 2 amide bonds. The maximum absolute atomic E-state index is 13.9. The van der Waals surface area contributed by atoms with E-state index in [4.69, 9.17) is 4.42 Å². The van der Waals surface area contributed by atoms with Crippen LogP contribution in [0.3, 0.4) is 0 Å². The molecule has 5 nitrogen and oxygen atoms in total. The van der Waals surface area contributed by atoms with Crippen molar-refractivity contribution in [2.75, 3.05) is 0 Å². The van der Waals surface area contributed by atoms with Crippen LogP contribution >= 0.6 is 11.8 Å². The number of carbonyl (C=O) groups excluding carboxylic acids is 2. The van der Waals surface area contributed by atoms with Gasteiger partial charge in [0.05, 0.1) is 23.1 Å². The lowest BCUT2D eigenvalue weighted by molar-refractivity contribution is -0.123. The lowest BCUT2D eigenvalue weighted by atomic mass is 10.1. The highest BCUT2D eigenvalue weighted by molar-refractivity contribution is 8.18. The van der Waals surface area contributed by atoms with Gasteiger partial charge in [-0.1, -0.05) is 30.3 Å². The summed E-state index contributed by atoms with van der Waals surface area (Å²) in [7, 11) is 0. The predicted octanol–water partition coefficient (Wildman–Crippen LogP) is 5.19. The summed E-state index contributed by atoms with van der Waals surface area (Å²) in [6.07, 6.45) is 1.48. The third-order valence-corrected chi connectivity index (χ3v) is 5.28. The number of hydrogen-bond acceptors (Lipinski definition) is 5. The van der Waals surface area contributed by atoms with Crippen LogP contribution in [0.5, 0.6) is 0 Å². The highest BCUT2D eigenvalue weighted by Crippen LogP contribution is 2.34. The molecule has 1 saturated heterocycles. The molecule has 0 bridgehead atoms. The van der Waals surface area contributed by atoms with E-state index in [1.165, 1.54) is 18.2 Å². The second-order valence-corrected chi connectivity index (χ2v) is 7.21. The van der Waals surface area contributed by atoms with Crippen LogP contribution in [0.15, 0.2) is 70.0 Å². The normalized spacial score (nSPS) is 15.2. The quantitative estimate of drug-likeness (QED) is 0.559. The molecule has 2 aromatic carbocycles. The Morgan fingerprint density at radius 1 is 1.07 bits per heavy atom. The van der Waals surface area contributed by atoms with Crippen molar-refractivity contribution in [1.29, 1.82) is 5.26 Å². The minimum atomic E-state index is -0.501. The standard InChI is InChI=1S/C22H13FN2O3S/c23-18-8-4-2-6-15(18)13-25-21(26)20(29-22(25)27)11-16-9-10-19(28-16)17-7-3-1-5-14(17)12-24/h1-11H,13H2/b20-11-. The topological polar surface area (TPSA) is 74.3 Å². The van der Waals surface area contributed by atoms with Crippen LogP contribution in [-0.2, 0) is 11.3 Å². The van der Waals surface area contributed by atoms with Crippen LogP contribution in [0.1, 0.15) is 16.9 Å². The Hall–Kier alpha value is -3.63. The van der Waals surface area contributed by atoms with E-state index in [-0.39, 0.29) is 17.0 Å². The molecular formula is C22H13FN2O3S. The molecule has 7 heteroatoms. The first-order chi connectivity index (χ1) is 14.1. The first-order valence-corrected chi connectivity index (χ1v) is 9.46. The van der Waals surface area contributed by atoms with Gasteiger partial charge in [0.15, 0.2) is 0 Å². The van der Waals surface area contributed by atoms with Gasteiger partial charge in [-0.15, -0.1) is 0 Å². The Bertz CT molecular complexity index is 1190. The summed E-state index contributed by atoms with van der Waals surface area (Å²) in [5.41, 5.74) is 1.38. The summed E-state index contributed by atoms with van der Waals surface area (Å²) in [5.74, 6) is -0.107. The number of nitrogens with zero attached hydrogens (tertiary/aromatic N) is 2. The van der Waals surface area contributed by atoms with Gasteiger partial charge in [0.1, 0.15) is 17.3 Å². The molecule has 1 aliphatic heterocycles. The fraction of sp³-hybridized carbons (Fsp3) is 0.0455. The summed E-state index contributed by atoms with van der Waals surface area (Å²) in [5, 5.41) is 8.76. The van der Waals surface area contributed by atoms with Crippen molar-refractivity contribution in [3.05, 3.63) is 88.3 Å². The number of nitriles is 1. The first-order valence-electron chi connectivity index (χ1n) is 8.65. The lowest BCUT2D eigenvalue weighted by Crippen LogP contribution is -2.27. The highest BCUT2D eigenvalue weighted by atomic mass is 32.2. The molecule has 0 N–H and O–H groups in total. The van der Waals surface area contributed by atoms with Gasteiger partial charge in [0.2, 0.25) is 0 Å². The Kier molecular flexibility index (Phi) is 5.02. The Morgan fingerprint density at radius 3 is 2.62 bits per heavy atom. The zero-order chi connectivity index (χ0) is 20.4. The maximum Gasteiger partial charge on any atom is 0.293 e. The summed E-state index contributed by atoms with van der Waals surface area (Å²) in [6, 6.07) is 18.5. The Balaban J connectivity index is 1.58. The summed E-state index contributed by atoms with van der Waals surface area (Å²) in [4.78, 5) is 26.1. The zero-order valence-electron chi connectivity index (χ0n) is 15.0. The largest absolute Gasteiger partial charge is 0.457 e. The molecule has 1 aliphatic rings. The van der Waals surface area contributed by atoms with Gasteiger partial charge in [0.25, 0.3) is 11.1 Å². The molecule has 0 aliphatic carbocycles. The lowest BCUT2D eigenvalue weighted by Gasteiger charge is -2.12. The molecule has 1 aromatic heterocycles. The fourth-order valence-corrected chi connectivity index (χ4v) is 3.75. The van der Waals surface area contributed by atoms with Crippen LogP contribution in [0, 0.1) is 17.1 Å². The molecule has 0 atom stereocenters. The molecule has 142 valence electrons. The second-order valence-electron chi connectivity index (χ2n) is 6.22. The van der Waals surface area contributed by atoms with Crippen molar-refractivity contribution in [2.45, 2.75) is 6.54 Å². The molecule has 0 radical (unpaired) electrons. The molecule has 2 heterocycles. The van der Waals surface area contributed by atoms with Gasteiger partial charge < -0.3 is 4.42 Å². The predicted molar refractivity (Wildman–Crippen MR) is 107 cm³/mol. The average Bonchev–Trinajstić information content (AvgIpc) is 3.30. The monoisotopic (exact) mass is 404 g/mol. The zero-order valence-corrected chi connectivity index (χ0v) is 15.8. The third-order valence-electron chi connectivity index (χ3n) is 4.37. The number of hydrogen-bond donors (Lipinski definition) is 0. The van der Waals surface area contributed by atoms with E-state index in [9.17, 15) is 19.2 Å². The van der Waals surface area contributed by atoms with Crippen LogP contribution in [0.25, 0.3) is 17.4 Å². The minimum absolute atomic E-state index is 0.131. The van der Waals surface area contributed by atoms with Gasteiger partial charge in [-0.25, -0.2) is 4.39 Å². The van der Waals surface area contributed by atoms with E-state index in [0.717, 1.165) is 16.7 Å². The van der Waals surface area contributed by atoms with E-state index >= 15 is 0 Å². The van der Waals surface area contributed by atoms with Gasteiger partial charge >= 0.3 is 0 Å². The maximum atomic E-state index is 13.9. The van der Waals surface area contributed by atoms with E-state index in [1.54, 1.807) is 48.5 Å². The van der Waals surface area contributed by atoms with Gasteiger partial charge in [-0.2, -0.15) is 5.26 Å². The van der Waals surface area contributed by atoms with Crippen molar-refractivity contribution in [3.8, 4) is 17.4 Å². The van der Waals surface area contributed by atoms with Crippen LogP contribution in [0.2, 0.25) is 0 Å². The van der Waals surface area contributed by atoms with Crippen molar-refractivity contribution >= 4 is 29.0 Å². The van der Waals surface area contributed by atoms with Gasteiger partial charge in [-0.3, -0.25) is 14.5 Å². The number of carbonyl (C=O) groups is 2. The van der Waals surface area contributed by atoms with Crippen LogP contribution in [0.4, 0.5) is 9.18 Å². The van der Waals surface area contributed by atoms with Gasteiger partial charge in [-0.05, 0) is 42.1 Å². The molecular weight excluding hydrogens is 391 g/mol. The van der Waals surface area contributed by atoms with E-state index in [1.807, 2.05) is 0 Å². The van der Waals surface area contributed by atoms with Crippen molar-refractivity contribution in [2.24, 2.45) is 0 Å². The molecule has 1 fully saturated rings. The first kappa shape index (κ1) is 18.7. The number of rotatable bonds is 4. The molecule has 0 unspecified atom stereocenters. The molecule has 29 heavy (non-hydrogen) atoms. The SMILES string of the molecule is N#Cc1ccccc1-c1ccc(/C=C2\SC(=O)N(Cc3ccccc3F)C2=O)o1. The van der Waals surface area contributed by atoms with Crippen molar-refractivity contribution in [3.63, 3.8) is 0 Å². The number of benzene rings is 2. The van der Waals surface area contributed by atoms with Crippen molar-refractivity contribution in [1.82, 2.24) is 4.90 Å². The minimum Gasteiger partial charge on any atom is -0.457 e. The smallest absolute Gasteiger partial charge is 0.293 e. The molecule has 4 rings (SSSR count). The molecule has 3 aromatic rings. The van der Waals surface area contributed by atoms with Gasteiger partial charge in [0, 0.05) is 17.2 Å². The Labute approximate surface area is 170 Å². The number of amides is 2. The number of halogens is 1. The average molecular weight is 404 g/mol. The van der Waals surface area contributed by atoms with Crippen molar-refractivity contribution < 1.29 is 18.4 Å². The second kappa shape index (κ2) is 7.78. The van der Waals surface area contributed by atoms with Crippen LogP contribution < -0.4 is 0 Å². The number of thioether (sulfide) groups is 1.